The Hall–Kier alpha value is -2.55. The highest BCUT2D eigenvalue weighted by Crippen LogP contribution is 2.43. The zero-order valence-corrected chi connectivity index (χ0v) is 19.2. The summed E-state index contributed by atoms with van der Waals surface area (Å²) in [5, 5.41) is 10.4. The number of halogens is 1. The van der Waals surface area contributed by atoms with E-state index in [4.69, 9.17) is 21.3 Å². The van der Waals surface area contributed by atoms with Gasteiger partial charge >= 0.3 is 0 Å². The number of carbonyl (C=O) groups is 1. The van der Waals surface area contributed by atoms with Gasteiger partial charge in [0.2, 0.25) is 5.91 Å². The van der Waals surface area contributed by atoms with Gasteiger partial charge in [-0.05, 0) is 31.4 Å². The molecule has 7 nitrogen and oxygen atoms in total. The number of morpholine rings is 1. The second-order valence-corrected chi connectivity index (χ2v) is 9.86. The van der Waals surface area contributed by atoms with E-state index in [9.17, 15) is 4.79 Å². The van der Waals surface area contributed by atoms with Gasteiger partial charge in [-0.3, -0.25) is 14.4 Å². The van der Waals surface area contributed by atoms with E-state index in [0.717, 1.165) is 46.3 Å². The van der Waals surface area contributed by atoms with Crippen molar-refractivity contribution < 1.29 is 9.53 Å². The van der Waals surface area contributed by atoms with E-state index in [1.54, 1.807) is 11.3 Å². The molecule has 1 atom stereocenters. The number of thiophene rings is 1. The number of ether oxygens (including phenoxy) is 1. The molecule has 9 heteroatoms. The largest absolute Gasteiger partial charge is 0.378 e. The quantitative estimate of drug-likeness (QED) is 0.580. The first-order valence-corrected chi connectivity index (χ1v) is 12.0. The Labute approximate surface area is 194 Å². The average Bonchev–Trinajstić information content (AvgIpc) is 3.45. The van der Waals surface area contributed by atoms with Crippen molar-refractivity contribution in [3.8, 4) is 5.00 Å². The molecule has 1 saturated heterocycles. The van der Waals surface area contributed by atoms with Crippen LogP contribution in [0.15, 0.2) is 29.3 Å². The Morgan fingerprint density at radius 1 is 1.19 bits per heavy atom. The molecule has 6 rings (SSSR count). The molecule has 0 bridgehead atoms. The summed E-state index contributed by atoms with van der Waals surface area (Å²) in [6.07, 6.45) is 1.48. The van der Waals surface area contributed by atoms with Crippen LogP contribution >= 0.6 is 22.9 Å². The van der Waals surface area contributed by atoms with Crippen LogP contribution < -0.4 is 0 Å². The van der Waals surface area contributed by atoms with Crippen LogP contribution in [0.5, 0.6) is 0 Å². The van der Waals surface area contributed by atoms with Gasteiger partial charge in [0.05, 0.1) is 18.9 Å². The fourth-order valence-electron chi connectivity index (χ4n) is 4.91. The Balaban J connectivity index is 1.45. The lowest BCUT2D eigenvalue weighted by Gasteiger charge is -2.29. The summed E-state index contributed by atoms with van der Waals surface area (Å²) in [6.45, 7) is 5.00. The van der Waals surface area contributed by atoms with Crippen LogP contribution in [0, 0.1) is 12.8 Å². The number of rotatable bonds is 2. The Morgan fingerprint density at radius 2 is 2.00 bits per heavy atom. The maximum Gasteiger partial charge on any atom is 0.226 e. The maximum absolute atomic E-state index is 13.2. The summed E-state index contributed by atoms with van der Waals surface area (Å²) in [4.78, 5) is 21.4. The zero-order valence-electron chi connectivity index (χ0n) is 17.7. The van der Waals surface area contributed by atoms with Crippen molar-refractivity contribution in [2.75, 3.05) is 26.3 Å². The molecular weight excluding hydrogens is 446 g/mol. The van der Waals surface area contributed by atoms with Crippen molar-refractivity contribution in [1.82, 2.24) is 19.7 Å². The van der Waals surface area contributed by atoms with E-state index in [-0.39, 0.29) is 11.8 Å². The number of aliphatic imine (C=N–C) groups is 1. The molecule has 3 aromatic rings. The Bertz CT molecular complexity index is 1260. The first-order chi connectivity index (χ1) is 15.6. The van der Waals surface area contributed by atoms with E-state index in [0.29, 0.717) is 37.9 Å². The van der Waals surface area contributed by atoms with E-state index in [1.807, 2.05) is 36.1 Å². The van der Waals surface area contributed by atoms with Gasteiger partial charge in [0.25, 0.3) is 0 Å². The van der Waals surface area contributed by atoms with Crippen LogP contribution in [0.3, 0.4) is 0 Å². The minimum absolute atomic E-state index is 0.0307. The lowest BCUT2D eigenvalue weighted by Crippen LogP contribution is -2.44. The van der Waals surface area contributed by atoms with Crippen molar-refractivity contribution in [3.63, 3.8) is 0 Å². The third-order valence-electron chi connectivity index (χ3n) is 6.47. The van der Waals surface area contributed by atoms with Gasteiger partial charge in [-0.1, -0.05) is 29.8 Å². The minimum atomic E-state index is -0.0307. The van der Waals surface area contributed by atoms with Gasteiger partial charge in [0.1, 0.15) is 17.4 Å². The average molecular weight is 468 g/mol. The molecule has 2 aromatic heterocycles. The minimum Gasteiger partial charge on any atom is -0.378 e. The fraction of sp³-hybridized carbons (Fsp3) is 0.391. The summed E-state index contributed by atoms with van der Waals surface area (Å²) in [5.41, 5.74) is 4.09. The number of aromatic nitrogens is 3. The standard InChI is InChI=1S/C23H22ClN5O2S/c1-13-26-27-19-12-25-21(15-4-2-3-5-17(15)24)20-16-10-14(11-18(16)32-23(20)29(13)19)22(30)28-6-8-31-9-7-28/h2-5,14H,6-12H2,1H3. The second kappa shape index (κ2) is 7.79. The van der Waals surface area contributed by atoms with Gasteiger partial charge in [-0.2, -0.15) is 0 Å². The maximum atomic E-state index is 13.2. The molecule has 32 heavy (non-hydrogen) atoms. The molecule has 1 unspecified atom stereocenters. The predicted octanol–water partition coefficient (Wildman–Crippen LogP) is 3.22. The highest BCUT2D eigenvalue weighted by Gasteiger charge is 2.38. The number of aryl methyl sites for hydroxylation is 1. The molecule has 1 fully saturated rings. The zero-order chi connectivity index (χ0) is 21.8. The highest BCUT2D eigenvalue weighted by molar-refractivity contribution is 7.15. The van der Waals surface area contributed by atoms with Crippen molar-refractivity contribution in [3.05, 3.63) is 62.5 Å². The first-order valence-electron chi connectivity index (χ1n) is 10.8. The third-order valence-corrected chi connectivity index (χ3v) is 8.03. The van der Waals surface area contributed by atoms with Crippen molar-refractivity contribution in [2.24, 2.45) is 10.9 Å². The Kier molecular flexibility index (Phi) is 4.89. The van der Waals surface area contributed by atoms with Gasteiger partial charge in [-0.15, -0.1) is 21.5 Å². The van der Waals surface area contributed by atoms with E-state index in [1.165, 1.54) is 10.4 Å². The smallest absolute Gasteiger partial charge is 0.226 e. The molecule has 4 heterocycles. The van der Waals surface area contributed by atoms with Crippen LogP contribution in [0.25, 0.3) is 5.00 Å². The van der Waals surface area contributed by atoms with Crippen LogP contribution in [-0.2, 0) is 28.9 Å². The van der Waals surface area contributed by atoms with Crippen molar-refractivity contribution >= 4 is 34.6 Å². The lowest BCUT2D eigenvalue weighted by molar-refractivity contribution is -0.139. The molecule has 0 saturated carbocycles. The number of benzene rings is 1. The summed E-state index contributed by atoms with van der Waals surface area (Å²) in [5.74, 6) is 1.87. The number of fused-ring (bicyclic) bond motifs is 5. The molecule has 0 N–H and O–H groups in total. The Morgan fingerprint density at radius 3 is 2.81 bits per heavy atom. The molecule has 0 radical (unpaired) electrons. The normalized spacial score (nSPS) is 19.8. The summed E-state index contributed by atoms with van der Waals surface area (Å²) < 4.78 is 7.54. The number of hydrogen-bond acceptors (Lipinski definition) is 6. The van der Waals surface area contributed by atoms with E-state index < -0.39 is 0 Å². The van der Waals surface area contributed by atoms with Gasteiger partial charge in [0, 0.05) is 40.0 Å². The molecular formula is C23H22ClN5O2S. The molecule has 164 valence electrons. The number of carbonyl (C=O) groups excluding carboxylic acids is 1. The van der Waals surface area contributed by atoms with E-state index in [2.05, 4.69) is 14.8 Å². The van der Waals surface area contributed by atoms with Crippen LogP contribution in [-0.4, -0.2) is 57.6 Å². The van der Waals surface area contributed by atoms with Gasteiger partial charge in [-0.25, -0.2) is 0 Å². The number of amides is 1. The fourth-order valence-corrected chi connectivity index (χ4v) is 6.62. The number of nitrogens with zero attached hydrogens (tertiary/aromatic N) is 5. The SMILES string of the molecule is Cc1nnc2n1-c1sc3c(c1C(c1ccccc1Cl)=NC2)CC(C(=O)N1CCOCC1)C3. The second-order valence-electron chi connectivity index (χ2n) is 8.37. The molecule has 1 amide bonds. The van der Waals surface area contributed by atoms with Crippen LogP contribution in [0.2, 0.25) is 5.02 Å². The molecule has 1 aromatic carbocycles. The van der Waals surface area contributed by atoms with Crippen molar-refractivity contribution in [2.45, 2.75) is 26.3 Å². The third kappa shape index (κ3) is 3.12. The summed E-state index contributed by atoms with van der Waals surface area (Å²) in [6, 6.07) is 7.82. The van der Waals surface area contributed by atoms with Gasteiger partial charge in [0.15, 0.2) is 5.82 Å². The monoisotopic (exact) mass is 467 g/mol. The molecule has 3 aliphatic rings. The van der Waals surface area contributed by atoms with Crippen molar-refractivity contribution in [1.29, 1.82) is 0 Å². The highest BCUT2D eigenvalue weighted by atomic mass is 35.5. The summed E-state index contributed by atoms with van der Waals surface area (Å²) >= 11 is 8.34. The van der Waals surface area contributed by atoms with E-state index >= 15 is 0 Å². The van der Waals surface area contributed by atoms with Crippen LogP contribution in [0.4, 0.5) is 0 Å². The van der Waals surface area contributed by atoms with Gasteiger partial charge < -0.3 is 9.64 Å². The topological polar surface area (TPSA) is 72.6 Å². The first kappa shape index (κ1) is 20.1. The predicted molar refractivity (Wildman–Crippen MR) is 123 cm³/mol. The molecule has 0 spiro atoms. The lowest BCUT2D eigenvalue weighted by atomic mass is 9.97. The summed E-state index contributed by atoms with van der Waals surface area (Å²) in [7, 11) is 0. The number of hydrogen-bond donors (Lipinski definition) is 0. The molecule has 1 aliphatic carbocycles. The molecule has 2 aliphatic heterocycles. The van der Waals surface area contributed by atoms with Crippen LogP contribution in [0.1, 0.15) is 33.2 Å².